The number of β-lactam (4-membered cyclic amide) rings is 1. The van der Waals surface area contributed by atoms with Gasteiger partial charge in [0.25, 0.3) is 5.91 Å². The summed E-state index contributed by atoms with van der Waals surface area (Å²) in [6, 6.07) is 4.40. The Balaban J connectivity index is 2.02. The molecule has 1 aromatic carbocycles. The molecule has 2 heterocycles. The first kappa shape index (κ1) is 14.6. The lowest BCUT2D eigenvalue weighted by molar-refractivity contribution is -0.154. The van der Waals surface area contributed by atoms with Crippen LogP contribution in [0.3, 0.4) is 0 Å². The minimum absolute atomic E-state index is 0.251. The Labute approximate surface area is 128 Å². The van der Waals surface area contributed by atoms with Crippen LogP contribution in [0, 0.1) is 0 Å². The summed E-state index contributed by atoms with van der Waals surface area (Å²) in [4.78, 5) is 25.7. The van der Waals surface area contributed by atoms with Crippen LogP contribution in [0.25, 0.3) is 0 Å². The smallest absolute Gasteiger partial charge is 0.267 e. The molecule has 22 heavy (non-hydrogen) atoms. The zero-order valence-corrected chi connectivity index (χ0v) is 12.7. The number of nitrogens with zero attached hydrogens (tertiary/aromatic N) is 1. The first-order valence-electron chi connectivity index (χ1n) is 6.92. The molecule has 0 aromatic heterocycles. The van der Waals surface area contributed by atoms with E-state index in [1.807, 2.05) is 13.0 Å². The lowest BCUT2D eigenvalue weighted by atomic mass is 9.77. The van der Waals surface area contributed by atoms with Crippen LogP contribution in [0.5, 0.6) is 11.5 Å². The first-order valence-corrected chi connectivity index (χ1v) is 6.92. The highest BCUT2D eigenvalue weighted by Gasteiger charge is 2.65. The van der Waals surface area contributed by atoms with Gasteiger partial charge in [-0.05, 0) is 24.6 Å². The fourth-order valence-electron chi connectivity index (χ4n) is 3.06. The van der Waals surface area contributed by atoms with E-state index < -0.39 is 11.6 Å². The third-order valence-corrected chi connectivity index (χ3v) is 4.29. The fraction of sp³-hybridized carbons (Fsp3) is 0.375. The van der Waals surface area contributed by atoms with Crippen LogP contribution >= 0.6 is 0 Å². The van der Waals surface area contributed by atoms with E-state index in [1.54, 1.807) is 25.3 Å². The van der Waals surface area contributed by atoms with Gasteiger partial charge in [0.05, 0.1) is 26.5 Å². The minimum Gasteiger partial charge on any atom is -0.497 e. The van der Waals surface area contributed by atoms with E-state index >= 15 is 0 Å². The number of rotatable bonds is 4. The molecule has 1 fully saturated rings. The molecule has 0 N–H and O–H groups in total. The second-order valence-electron chi connectivity index (χ2n) is 5.23. The average Bonchev–Trinajstić information content (AvgIpc) is 2.95. The third kappa shape index (κ3) is 1.70. The molecule has 6 nitrogen and oxygen atoms in total. The second-order valence-corrected chi connectivity index (χ2v) is 5.23. The van der Waals surface area contributed by atoms with Crippen molar-refractivity contribution < 1.29 is 23.8 Å². The van der Waals surface area contributed by atoms with Gasteiger partial charge in [0.2, 0.25) is 0 Å². The molecule has 0 aliphatic carbocycles. The van der Waals surface area contributed by atoms with E-state index in [0.29, 0.717) is 23.8 Å². The fourth-order valence-corrected chi connectivity index (χ4v) is 3.06. The van der Waals surface area contributed by atoms with Gasteiger partial charge in [0.15, 0.2) is 5.60 Å². The number of benzene rings is 1. The molecular weight excluding hydrogens is 286 g/mol. The Morgan fingerprint density at radius 1 is 1.36 bits per heavy atom. The van der Waals surface area contributed by atoms with Gasteiger partial charge in [0.1, 0.15) is 23.8 Å². The molecule has 116 valence electrons. The van der Waals surface area contributed by atoms with Crippen molar-refractivity contribution in [3.63, 3.8) is 0 Å². The maximum absolute atomic E-state index is 12.7. The molecule has 0 bridgehead atoms. The SMILES string of the molecule is COc1ccc(N2C(=O)[C@]3(OCC=C3C)[C@@H]2C=O)c(OC)c1. The molecule has 2 atom stereocenters. The molecule has 0 unspecified atom stereocenters. The Bertz CT molecular complexity index is 669. The highest BCUT2D eigenvalue weighted by atomic mass is 16.5. The van der Waals surface area contributed by atoms with Crippen molar-refractivity contribution in [3.8, 4) is 11.5 Å². The second kappa shape index (κ2) is 5.14. The lowest BCUT2D eigenvalue weighted by Gasteiger charge is -2.51. The first-order chi connectivity index (χ1) is 10.6. The number of methoxy groups -OCH3 is 2. The zero-order chi connectivity index (χ0) is 15.9. The van der Waals surface area contributed by atoms with E-state index in [9.17, 15) is 9.59 Å². The topological polar surface area (TPSA) is 65.1 Å². The van der Waals surface area contributed by atoms with Gasteiger partial charge in [-0.2, -0.15) is 0 Å². The molecule has 1 amide bonds. The molecule has 1 spiro atoms. The number of amides is 1. The summed E-state index contributed by atoms with van der Waals surface area (Å²) >= 11 is 0. The van der Waals surface area contributed by atoms with Crippen molar-refractivity contribution >= 4 is 17.9 Å². The summed E-state index contributed by atoms with van der Waals surface area (Å²) in [7, 11) is 3.05. The van der Waals surface area contributed by atoms with Gasteiger partial charge >= 0.3 is 0 Å². The summed E-state index contributed by atoms with van der Waals surface area (Å²) in [6.45, 7) is 2.15. The van der Waals surface area contributed by atoms with Gasteiger partial charge in [-0.25, -0.2) is 0 Å². The van der Waals surface area contributed by atoms with Crippen LogP contribution in [-0.4, -0.2) is 44.7 Å². The van der Waals surface area contributed by atoms with Gasteiger partial charge in [-0.3, -0.25) is 9.69 Å². The molecule has 6 heteroatoms. The summed E-state index contributed by atoms with van der Waals surface area (Å²) in [6.07, 6.45) is 2.57. The van der Waals surface area contributed by atoms with E-state index in [4.69, 9.17) is 14.2 Å². The minimum atomic E-state index is -1.15. The van der Waals surface area contributed by atoms with Crippen LogP contribution < -0.4 is 14.4 Å². The maximum Gasteiger partial charge on any atom is 0.267 e. The highest BCUT2D eigenvalue weighted by Crippen LogP contribution is 2.47. The number of anilines is 1. The lowest BCUT2D eigenvalue weighted by Crippen LogP contribution is -2.75. The molecule has 0 saturated carbocycles. The number of hydrogen-bond donors (Lipinski definition) is 0. The van der Waals surface area contributed by atoms with Crippen molar-refractivity contribution in [2.24, 2.45) is 0 Å². The molecule has 1 aromatic rings. The van der Waals surface area contributed by atoms with Crippen molar-refractivity contribution in [1.82, 2.24) is 0 Å². The van der Waals surface area contributed by atoms with E-state index in [0.717, 1.165) is 11.9 Å². The number of ether oxygens (including phenoxy) is 3. The van der Waals surface area contributed by atoms with Crippen LogP contribution in [0.4, 0.5) is 5.69 Å². The van der Waals surface area contributed by atoms with Crippen molar-refractivity contribution in [3.05, 3.63) is 29.8 Å². The molecule has 0 radical (unpaired) electrons. The van der Waals surface area contributed by atoms with Crippen LogP contribution in [-0.2, 0) is 14.3 Å². The number of carbonyl (C=O) groups is 2. The van der Waals surface area contributed by atoms with Gasteiger partial charge in [-0.15, -0.1) is 0 Å². The average molecular weight is 303 g/mol. The summed E-state index contributed by atoms with van der Waals surface area (Å²) < 4.78 is 16.1. The molecular formula is C16H17NO5. The molecule has 2 aliphatic rings. The van der Waals surface area contributed by atoms with Crippen molar-refractivity contribution in [2.75, 3.05) is 25.7 Å². The highest BCUT2D eigenvalue weighted by molar-refractivity contribution is 6.16. The molecule has 2 aliphatic heterocycles. The number of aldehydes is 1. The predicted octanol–water partition coefficient (Wildman–Crippen LogP) is 1.33. The largest absolute Gasteiger partial charge is 0.497 e. The van der Waals surface area contributed by atoms with Crippen LogP contribution in [0.1, 0.15) is 6.92 Å². The number of carbonyl (C=O) groups excluding carboxylic acids is 2. The zero-order valence-electron chi connectivity index (χ0n) is 12.7. The van der Waals surface area contributed by atoms with Gasteiger partial charge in [-0.1, -0.05) is 6.08 Å². The van der Waals surface area contributed by atoms with E-state index in [-0.39, 0.29) is 5.91 Å². The summed E-state index contributed by atoms with van der Waals surface area (Å²) in [5.74, 6) is 0.826. The number of hydrogen-bond acceptors (Lipinski definition) is 5. The quantitative estimate of drug-likeness (QED) is 0.477. The molecule has 3 rings (SSSR count). The molecule has 1 saturated heterocycles. The van der Waals surface area contributed by atoms with E-state index in [2.05, 4.69) is 0 Å². The van der Waals surface area contributed by atoms with E-state index in [1.165, 1.54) is 12.0 Å². The Morgan fingerprint density at radius 2 is 2.14 bits per heavy atom. The van der Waals surface area contributed by atoms with Crippen LogP contribution in [0.15, 0.2) is 29.8 Å². The third-order valence-electron chi connectivity index (χ3n) is 4.29. The van der Waals surface area contributed by atoms with Crippen LogP contribution in [0.2, 0.25) is 0 Å². The Morgan fingerprint density at radius 3 is 2.68 bits per heavy atom. The normalized spacial score (nSPS) is 26.7. The Kier molecular flexibility index (Phi) is 3.41. The summed E-state index contributed by atoms with van der Waals surface area (Å²) in [5.41, 5.74) is 0.157. The summed E-state index contributed by atoms with van der Waals surface area (Å²) in [5, 5.41) is 0. The van der Waals surface area contributed by atoms with Gasteiger partial charge < -0.3 is 19.0 Å². The van der Waals surface area contributed by atoms with Crippen molar-refractivity contribution in [2.45, 2.75) is 18.6 Å². The Hall–Kier alpha value is -2.34. The predicted molar refractivity (Wildman–Crippen MR) is 79.3 cm³/mol. The van der Waals surface area contributed by atoms with Crippen molar-refractivity contribution in [1.29, 1.82) is 0 Å². The maximum atomic E-state index is 12.7. The van der Waals surface area contributed by atoms with Gasteiger partial charge in [0, 0.05) is 6.07 Å². The monoisotopic (exact) mass is 303 g/mol. The standard InChI is InChI=1S/C16H17NO5/c1-10-6-7-22-16(10)14(9-18)17(15(16)19)12-5-4-11(20-2)8-13(12)21-3/h4-6,8-9,14H,7H2,1-3H3/t14-,16+/m0/s1.